The lowest BCUT2D eigenvalue weighted by atomic mass is 10.00. The van der Waals surface area contributed by atoms with Gasteiger partial charge in [-0.2, -0.15) is 5.10 Å². The number of rotatable bonds is 2. The summed E-state index contributed by atoms with van der Waals surface area (Å²) in [5.74, 6) is 0.672. The summed E-state index contributed by atoms with van der Waals surface area (Å²) < 4.78 is 15.0. The minimum absolute atomic E-state index is 0.0133. The van der Waals surface area contributed by atoms with Gasteiger partial charge in [0.15, 0.2) is 0 Å². The maximum Gasteiger partial charge on any atom is 0.235 e. The van der Waals surface area contributed by atoms with Gasteiger partial charge in [0.1, 0.15) is 11.6 Å². The number of hydrogen-bond acceptors (Lipinski definition) is 3. The van der Waals surface area contributed by atoms with Crippen LogP contribution in [-0.4, -0.2) is 21.4 Å². The van der Waals surface area contributed by atoms with Gasteiger partial charge in [-0.3, -0.25) is 4.79 Å². The molecule has 1 aromatic heterocycles. The molecule has 0 aliphatic carbocycles. The molecule has 1 atom stereocenters. The highest BCUT2D eigenvalue weighted by atomic mass is 32.2. The number of hydrogen-bond donors (Lipinski definition) is 1. The number of nitrogens with one attached hydrogen (secondary N) is 1. The summed E-state index contributed by atoms with van der Waals surface area (Å²) in [6.07, 6.45) is 0. The summed E-state index contributed by atoms with van der Waals surface area (Å²) >= 11 is 1.60. The number of benzene rings is 2. The molecule has 4 rings (SSSR count). The van der Waals surface area contributed by atoms with Crippen molar-refractivity contribution < 1.29 is 9.18 Å². The second kappa shape index (κ2) is 6.61. The largest absolute Gasteiger partial charge is 0.310 e. The van der Waals surface area contributed by atoms with Crippen LogP contribution in [0, 0.1) is 19.7 Å². The van der Waals surface area contributed by atoms with Gasteiger partial charge >= 0.3 is 0 Å². The summed E-state index contributed by atoms with van der Waals surface area (Å²) in [5, 5.41) is 7.64. The second-order valence-electron chi connectivity index (χ2n) is 6.33. The predicted octanol–water partition coefficient (Wildman–Crippen LogP) is 4.40. The molecule has 1 aliphatic rings. The number of thioether (sulfide) groups is 1. The lowest BCUT2D eigenvalue weighted by Gasteiger charge is -2.17. The average Bonchev–Trinajstić information content (AvgIpc) is 2.83. The maximum atomic E-state index is 13.3. The highest BCUT2D eigenvalue weighted by Gasteiger charge is 2.31. The number of nitrogens with zero attached hydrogens (tertiary/aromatic N) is 2. The smallest absolute Gasteiger partial charge is 0.235 e. The Hall–Kier alpha value is -2.60. The first-order valence-electron chi connectivity index (χ1n) is 8.37. The van der Waals surface area contributed by atoms with E-state index in [0.29, 0.717) is 17.3 Å². The molecule has 26 heavy (non-hydrogen) atoms. The van der Waals surface area contributed by atoms with Crippen LogP contribution in [0.1, 0.15) is 27.6 Å². The van der Waals surface area contributed by atoms with Gasteiger partial charge in [-0.15, -0.1) is 11.8 Å². The fourth-order valence-electron chi connectivity index (χ4n) is 3.28. The zero-order chi connectivity index (χ0) is 18.3. The van der Waals surface area contributed by atoms with Gasteiger partial charge in [0.2, 0.25) is 5.91 Å². The van der Waals surface area contributed by atoms with Gasteiger partial charge < -0.3 is 5.32 Å². The van der Waals surface area contributed by atoms with Crippen molar-refractivity contribution in [3.63, 3.8) is 0 Å². The van der Waals surface area contributed by atoms with Crippen molar-refractivity contribution in [3.8, 4) is 5.69 Å². The molecule has 0 saturated heterocycles. The van der Waals surface area contributed by atoms with Crippen molar-refractivity contribution in [1.29, 1.82) is 0 Å². The van der Waals surface area contributed by atoms with Crippen molar-refractivity contribution in [3.05, 3.63) is 76.7 Å². The Morgan fingerprint density at radius 2 is 1.88 bits per heavy atom. The highest BCUT2D eigenvalue weighted by molar-refractivity contribution is 8.00. The third-order valence-corrected chi connectivity index (χ3v) is 5.80. The first-order chi connectivity index (χ1) is 12.5. The summed E-state index contributed by atoms with van der Waals surface area (Å²) in [5.41, 5.74) is 4.93. The Morgan fingerprint density at radius 3 is 2.62 bits per heavy atom. The van der Waals surface area contributed by atoms with Crippen LogP contribution in [0.25, 0.3) is 5.69 Å². The molecule has 0 saturated carbocycles. The van der Waals surface area contributed by atoms with E-state index < -0.39 is 0 Å². The molecule has 2 aromatic carbocycles. The van der Waals surface area contributed by atoms with Gasteiger partial charge in [0.25, 0.3) is 0 Å². The van der Waals surface area contributed by atoms with Crippen LogP contribution in [0.3, 0.4) is 0 Å². The molecule has 6 heteroatoms. The van der Waals surface area contributed by atoms with Crippen molar-refractivity contribution >= 4 is 23.5 Å². The van der Waals surface area contributed by atoms with Gasteiger partial charge in [-0.05, 0) is 49.2 Å². The van der Waals surface area contributed by atoms with Crippen LogP contribution in [0.5, 0.6) is 0 Å². The standard InChI is InChI=1S/C20H18FN3OS/c1-12-5-3-4-6-16(12)19-18-13(2)23-24(15-9-7-14(21)8-10-15)20(18)22-17(25)11-26-19/h3-10,19H,11H2,1-2H3,(H,22,25). The van der Waals surface area contributed by atoms with Gasteiger partial charge in [-0.1, -0.05) is 24.3 Å². The number of aromatic nitrogens is 2. The Labute approximate surface area is 155 Å². The van der Waals surface area contributed by atoms with Gasteiger partial charge in [-0.25, -0.2) is 9.07 Å². The fourth-order valence-corrected chi connectivity index (χ4v) is 4.56. The van der Waals surface area contributed by atoms with Crippen LogP contribution >= 0.6 is 11.8 Å². The van der Waals surface area contributed by atoms with E-state index >= 15 is 0 Å². The Kier molecular flexibility index (Phi) is 4.28. The molecule has 1 aliphatic heterocycles. The number of carbonyl (C=O) groups excluding carboxylic acids is 1. The van der Waals surface area contributed by atoms with Crippen LogP contribution < -0.4 is 5.32 Å². The highest BCUT2D eigenvalue weighted by Crippen LogP contribution is 2.44. The van der Waals surface area contributed by atoms with E-state index in [0.717, 1.165) is 11.3 Å². The van der Waals surface area contributed by atoms with E-state index in [-0.39, 0.29) is 17.0 Å². The summed E-state index contributed by atoms with van der Waals surface area (Å²) in [4.78, 5) is 12.3. The van der Waals surface area contributed by atoms with Crippen molar-refractivity contribution in [2.24, 2.45) is 0 Å². The Morgan fingerprint density at radius 1 is 1.15 bits per heavy atom. The second-order valence-corrected chi connectivity index (χ2v) is 7.43. The van der Waals surface area contributed by atoms with E-state index in [1.54, 1.807) is 28.6 Å². The number of aryl methyl sites for hydroxylation is 2. The molecular formula is C20H18FN3OS. The Balaban J connectivity index is 1.91. The number of amides is 1. The quantitative estimate of drug-likeness (QED) is 0.730. The molecule has 2 heterocycles. The zero-order valence-electron chi connectivity index (χ0n) is 14.5. The van der Waals surface area contributed by atoms with Crippen molar-refractivity contribution in [2.75, 3.05) is 11.1 Å². The van der Waals surface area contributed by atoms with E-state index in [9.17, 15) is 9.18 Å². The van der Waals surface area contributed by atoms with E-state index in [1.807, 2.05) is 19.1 Å². The number of anilines is 1. The fraction of sp³-hybridized carbons (Fsp3) is 0.200. The molecule has 0 radical (unpaired) electrons. The molecule has 1 amide bonds. The summed E-state index contributed by atoms with van der Waals surface area (Å²) in [6, 6.07) is 14.3. The van der Waals surface area contributed by atoms with Crippen molar-refractivity contribution in [2.45, 2.75) is 19.1 Å². The van der Waals surface area contributed by atoms with E-state index in [2.05, 4.69) is 29.5 Å². The van der Waals surface area contributed by atoms with Crippen LogP contribution in [0.2, 0.25) is 0 Å². The number of fused-ring (bicyclic) bond motifs is 1. The molecule has 0 spiro atoms. The molecular weight excluding hydrogens is 349 g/mol. The first-order valence-corrected chi connectivity index (χ1v) is 9.42. The Bertz CT molecular complexity index is 981. The molecule has 0 fully saturated rings. The summed E-state index contributed by atoms with van der Waals surface area (Å²) in [6.45, 7) is 4.03. The third kappa shape index (κ3) is 2.90. The molecule has 1 N–H and O–H groups in total. The maximum absolute atomic E-state index is 13.3. The average molecular weight is 367 g/mol. The van der Waals surface area contributed by atoms with Gasteiger partial charge in [0, 0.05) is 5.56 Å². The molecule has 0 bridgehead atoms. The molecule has 1 unspecified atom stereocenters. The minimum Gasteiger partial charge on any atom is -0.310 e. The lowest BCUT2D eigenvalue weighted by molar-refractivity contribution is -0.113. The topological polar surface area (TPSA) is 46.9 Å². The van der Waals surface area contributed by atoms with Crippen LogP contribution in [0.4, 0.5) is 10.2 Å². The van der Waals surface area contributed by atoms with Crippen molar-refractivity contribution in [1.82, 2.24) is 9.78 Å². The van der Waals surface area contributed by atoms with E-state index in [1.165, 1.54) is 23.3 Å². The lowest BCUT2D eigenvalue weighted by Crippen LogP contribution is -2.15. The minimum atomic E-state index is -0.305. The molecule has 132 valence electrons. The van der Waals surface area contributed by atoms with Crippen LogP contribution in [-0.2, 0) is 4.79 Å². The van der Waals surface area contributed by atoms with Gasteiger partial charge in [0.05, 0.1) is 22.4 Å². The van der Waals surface area contributed by atoms with Crippen LogP contribution in [0.15, 0.2) is 48.5 Å². The predicted molar refractivity (Wildman–Crippen MR) is 102 cm³/mol. The monoisotopic (exact) mass is 367 g/mol. The summed E-state index contributed by atoms with van der Waals surface area (Å²) in [7, 11) is 0. The van der Waals surface area contributed by atoms with E-state index in [4.69, 9.17) is 0 Å². The number of carbonyl (C=O) groups is 1. The SMILES string of the molecule is Cc1ccccc1C1SCC(=O)Nc2c1c(C)nn2-c1ccc(F)cc1. The normalized spacial score (nSPS) is 16.7. The third-order valence-electron chi connectivity index (χ3n) is 4.55. The zero-order valence-corrected chi connectivity index (χ0v) is 15.3. The number of halogens is 1. The first kappa shape index (κ1) is 16.8. The molecule has 4 nitrogen and oxygen atoms in total. The molecule has 3 aromatic rings.